The highest BCUT2D eigenvalue weighted by atomic mass is 19.3. The zero-order valence-corrected chi connectivity index (χ0v) is 36.2. The largest absolute Gasteiger partial charge is 0.380 e. The Kier molecular flexibility index (Phi) is 10.8. The molecule has 2 saturated carbocycles. The number of nitrogens with one attached hydrogen (secondary N) is 2. The number of benzene rings is 1. The average molecular weight is 891 g/mol. The lowest BCUT2D eigenvalue weighted by atomic mass is 9.85. The lowest BCUT2D eigenvalue weighted by Crippen LogP contribution is -2.49. The number of imide groups is 1. The van der Waals surface area contributed by atoms with Crippen molar-refractivity contribution >= 4 is 51.7 Å². The van der Waals surface area contributed by atoms with Gasteiger partial charge in [0.25, 0.3) is 12.3 Å². The lowest BCUT2D eigenvalue weighted by Gasteiger charge is -2.31. The average Bonchev–Trinajstić information content (AvgIpc) is 4.16. The Hall–Kier alpha value is -6.28. The number of fused-ring (bicyclic) bond motifs is 3. The number of likely N-dealkylation sites (tertiary alicyclic amines) is 1. The van der Waals surface area contributed by atoms with Crippen LogP contribution in [-0.4, -0.2) is 119 Å². The summed E-state index contributed by atoms with van der Waals surface area (Å²) in [6.07, 6.45) is 12.8. The van der Waals surface area contributed by atoms with Crippen molar-refractivity contribution in [3.8, 4) is 11.1 Å². The second-order valence-electron chi connectivity index (χ2n) is 18.4. The van der Waals surface area contributed by atoms with Crippen LogP contribution in [0.5, 0.6) is 0 Å². The van der Waals surface area contributed by atoms with Gasteiger partial charge < -0.3 is 19.9 Å². The summed E-state index contributed by atoms with van der Waals surface area (Å²) in [6.45, 7) is 6.19. The highest BCUT2D eigenvalue weighted by Crippen LogP contribution is 2.45. The van der Waals surface area contributed by atoms with E-state index in [-0.39, 0.29) is 36.2 Å². The molecule has 0 spiro atoms. The molecule has 340 valence electrons. The van der Waals surface area contributed by atoms with Gasteiger partial charge in [-0.15, -0.1) is 0 Å². The third kappa shape index (κ3) is 7.89. The molecule has 18 nitrogen and oxygen atoms in total. The summed E-state index contributed by atoms with van der Waals surface area (Å²) in [6, 6.07) is 7.68. The van der Waals surface area contributed by atoms with Crippen LogP contribution in [0.15, 0.2) is 55.2 Å². The normalized spacial score (nSPS) is 24.3. The van der Waals surface area contributed by atoms with Gasteiger partial charge in [0.15, 0.2) is 17.2 Å². The first-order valence-corrected chi connectivity index (χ1v) is 22.8. The minimum absolute atomic E-state index is 0.00492. The van der Waals surface area contributed by atoms with Crippen molar-refractivity contribution < 1.29 is 27.9 Å². The molecule has 3 aliphatic heterocycles. The number of alkyl halides is 2. The number of amides is 4. The minimum Gasteiger partial charge on any atom is -0.380 e. The summed E-state index contributed by atoms with van der Waals surface area (Å²) >= 11 is 0. The monoisotopic (exact) mass is 890 g/mol. The predicted molar refractivity (Wildman–Crippen MR) is 236 cm³/mol. The van der Waals surface area contributed by atoms with Crippen LogP contribution in [0.1, 0.15) is 85.9 Å². The zero-order chi connectivity index (χ0) is 44.3. The number of aromatic nitrogens is 9. The molecule has 2 N–H and O–H groups in total. The third-order valence-electron chi connectivity index (χ3n) is 14.3. The van der Waals surface area contributed by atoms with Crippen LogP contribution >= 0.6 is 0 Å². The minimum atomic E-state index is -2.85. The van der Waals surface area contributed by atoms with Crippen LogP contribution in [0.4, 0.5) is 30.9 Å². The zero-order valence-electron chi connectivity index (χ0n) is 36.2. The van der Waals surface area contributed by atoms with Gasteiger partial charge >= 0.3 is 6.03 Å². The molecule has 2 atom stereocenters. The number of carbonyl (C=O) groups excluding carboxylic acids is 3. The Morgan fingerprint density at radius 2 is 1.77 bits per heavy atom. The molecule has 1 aromatic carbocycles. The number of para-hydroxylation sites is 1. The van der Waals surface area contributed by atoms with Crippen molar-refractivity contribution in [2.45, 2.75) is 69.9 Å². The number of ether oxygens (including phenoxy) is 1. The first-order chi connectivity index (χ1) is 31.6. The first-order valence-electron chi connectivity index (χ1n) is 22.8. The molecule has 4 amide bonds. The van der Waals surface area contributed by atoms with Gasteiger partial charge in [0.05, 0.1) is 42.3 Å². The standard InChI is InChI=1S/C45H52F2N14O4/c1-55-40-33(4-2-5-34(40)43(54-55)58-13-11-38(62)52-45(58)64)30-20-48-60(25-30)32-18-28-23-56(24-29(28)19-32)22-27-6-8-31(9-7-27)61-26-36(39(53-61)41(46)47)50-44(63)35-21-49-59-14-10-37(51-42(35)59)57-12-3-16-65-17-15-57/h2,4-5,10,14,20-21,25-29,31-32,41H,3,6-9,11-13,15-19,22-24H2,1H3,(H,50,63)(H,52,62,64). The Labute approximate surface area is 372 Å². The Morgan fingerprint density at radius 1 is 0.938 bits per heavy atom. The van der Waals surface area contributed by atoms with Gasteiger partial charge in [-0.25, -0.2) is 23.1 Å². The van der Waals surface area contributed by atoms with E-state index in [4.69, 9.17) is 19.9 Å². The number of halogens is 2. The van der Waals surface area contributed by atoms with Gasteiger partial charge in [0, 0.05) is 94.4 Å². The van der Waals surface area contributed by atoms with E-state index in [1.165, 1.54) is 15.6 Å². The summed E-state index contributed by atoms with van der Waals surface area (Å²) < 4.78 is 41.4. The number of nitrogens with zero attached hydrogens (tertiary/aromatic N) is 12. The molecule has 0 bridgehead atoms. The summed E-state index contributed by atoms with van der Waals surface area (Å²) in [5.74, 6) is 2.13. The maximum atomic E-state index is 14.4. The number of anilines is 3. The Bertz CT molecular complexity index is 2750. The molecule has 0 radical (unpaired) electrons. The summed E-state index contributed by atoms with van der Waals surface area (Å²) in [7, 11) is 1.87. The van der Waals surface area contributed by atoms with Crippen molar-refractivity contribution in [2.75, 3.05) is 67.6 Å². The van der Waals surface area contributed by atoms with Crippen molar-refractivity contribution in [3.63, 3.8) is 0 Å². The van der Waals surface area contributed by atoms with Gasteiger partial charge in [-0.2, -0.15) is 20.4 Å². The Balaban J connectivity index is 0.688. The molecular weight excluding hydrogens is 839 g/mol. The van der Waals surface area contributed by atoms with E-state index < -0.39 is 24.1 Å². The van der Waals surface area contributed by atoms with Crippen molar-refractivity contribution in [1.29, 1.82) is 0 Å². The number of rotatable bonds is 10. The van der Waals surface area contributed by atoms with E-state index in [0.29, 0.717) is 60.8 Å². The predicted octanol–water partition coefficient (Wildman–Crippen LogP) is 5.85. The van der Waals surface area contributed by atoms with Crippen LogP contribution < -0.4 is 20.4 Å². The van der Waals surface area contributed by atoms with Gasteiger partial charge in [-0.1, -0.05) is 12.1 Å². The van der Waals surface area contributed by atoms with E-state index in [0.717, 1.165) is 93.2 Å². The van der Waals surface area contributed by atoms with Crippen molar-refractivity contribution in [1.82, 2.24) is 54.2 Å². The fourth-order valence-corrected chi connectivity index (χ4v) is 11.1. The van der Waals surface area contributed by atoms with Crippen LogP contribution in [0, 0.1) is 17.8 Å². The van der Waals surface area contributed by atoms with Gasteiger partial charge in [0.2, 0.25) is 5.91 Å². The van der Waals surface area contributed by atoms with E-state index in [1.54, 1.807) is 21.8 Å². The molecule has 3 saturated heterocycles. The van der Waals surface area contributed by atoms with Crippen molar-refractivity contribution in [3.05, 3.63) is 66.5 Å². The van der Waals surface area contributed by atoms with Gasteiger partial charge in [-0.3, -0.25) is 33.9 Å². The van der Waals surface area contributed by atoms with E-state index in [2.05, 4.69) is 47.6 Å². The van der Waals surface area contributed by atoms with E-state index in [1.807, 2.05) is 31.4 Å². The second kappa shape index (κ2) is 16.9. The molecule has 5 aliphatic rings. The molecule has 8 heterocycles. The molecule has 2 aliphatic carbocycles. The number of urea groups is 1. The molecule has 5 fully saturated rings. The van der Waals surface area contributed by atoms with Crippen molar-refractivity contribution in [2.24, 2.45) is 24.8 Å². The summed E-state index contributed by atoms with van der Waals surface area (Å²) in [4.78, 5) is 49.0. The first kappa shape index (κ1) is 41.4. The number of hydrogen-bond acceptors (Lipinski definition) is 11. The van der Waals surface area contributed by atoms with Crippen LogP contribution in [-0.2, 0) is 16.6 Å². The molecule has 65 heavy (non-hydrogen) atoms. The number of carbonyl (C=O) groups is 3. The SMILES string of the molecule is Cn1nc(N2CCC(=O)NC2=O)c2cccc(-c3cnn(C4CC5CN(CC6CCC(n7cc(NC(=O)c8cnn9ccc(N%10CCCOCC%10)nc89)c(C(F)F)n7)CC6)CC5C4)c3)c21. The summed E-state index contributed by atoms with van der Waals surface area (Å²) in [5.41, 5.74) is 3.00. The van der Waals surface area contributed by atoms with E-state index in [9.17, 15) is 23.2 Å². The summed E-state index contributed by atoms with van der Waals surface area (Å²) in [5, 5.41) is 24.1. The highest BCUT2D eigenvalue weighted by Gasteiger charge is 2.42. The second-order valence-corrected chi connectivity index (χ2v) is 18.4. The maximum absolute atomic E-state index is 14.4. The van der Waals surface area contributed by atoms with E-state index >= 15 is 0 Å². The molecular formula is C45H52F2N14O4. The molecule has 5 aromatic heterocycles. The smallest absolute Gasteiger partial charge is 0.329 e. The molecule has 20 heteroatoms. The fraction of sp³-hybridized carbons (Fsp3) is 0.511. The van der Waals surface area contributed by atoms with Gasteiger partial charge in [-0.05, 0) is 74.8 Å². The highest BCUT2D eigenvalue weighted by molar-refractivity contribution is 6.10. The van der Waals surface area contributed by atoms with Crippen LogP contribution in [0.2, 0.25) is 0 Å². The molecule has 11 rings (SSSR count). The molecule has 6 aromatic rings. The lowest BCUT2D eigenvalue weighted by molar-refractivity contribution is -0.120. The third-order valence-corrected chi connectivity index (χ3v) is 14.3. The Morgan fingerprint density at radius 3 is 2.57 bits per heavy atom. The molecule has 2 unspecified atom stereocenters. The van der Waals surface area contributed by atoms with Crippen LogP contribution in [0.3, 0.4) is 0 Å². The van der Waals surface area contributed by atoms with Gasteiger partial charge in [0.1, 0.15) is 11.4 Å². The fourth-order valence-electron chi connectivity index (χ4n) is 11.1. The van der Waals surface area contributed by atoms with Crippen LogP contribution in [0.25, 0.3) is 27.7 Å². The quantitative estimate of drug-likeness (QED) is 0.169. The number of hydrogen-bond donors (Lipinski definition) is 2. The topological polar surface area (TPSA) is 178 Å². The number of aryl methyl sites for hydroxylation is 1. The maximum Gasteiger partial charge on any atom is 0.329 e.